The Labute approximate surface area is 273 Å². The molecule has 1 aromatic carbocycles. The fraction of sp³-hybridized carbons (Fsp3) is 0.407. The third-order valence-corrected chi connectivity index (χ3v) is 8.25. The molecule has 7 N–H and O–H groups in total. The normalized spacial score (nSPS) is 16.8. The van der Waals surface area contributed by atoms with E-state index in [0.29, 0.717) is 17.4 Å². The van der Waals surface area contributed by atoms with Gasteiger partial charge in [0.25, 0.3) is 17.9 Å². The number of hydrogen-bond donors (Lipinski definition) is 5. The Morgan fingerprint density at radius 3 is 2.51 bits per heavy atom. The second-order valence-electron chi connectivity index (χ2n) is 10.9. The van der Waals surface area contributed by atoms with Crippen LogP contribution in [-0.2, 0) is 47.5 Å². The van der Waals surface area contributed by atoms with Crippen LogP contribution in [0.2, 0.25) is 0 Å². The van der Waals surface area contributed by atoms with Crippen LogP contribution in [0.1, 0.15) is 31.7 Å². The summed E-state index contributed by atoms with van der Waals surface area (Å²) >= 11 is 0.961. The largest absolute Gasteiger partial charge is 0.489 e. The van der Waals surface area contributed by atoms with Gasteiger partial charge in [0.1, 0.15) is 24.1 Å². The number of β-lactam (4-membered cyclic amide) rings is 1. The van der Waals surface area contributed by atoms with E-state index in [1.54, 1.807) is 12.1 Å². The summed E-state index contributed by atoms with van der Waals surface area (Å²) in [5.74, 6) is -3.11. The van der Waals surface area contributed by atoms with Gasteiger partial charge in [-0.25, -0.2) is 9.78 Å². The number of oxime groups is 1. The molecule has 0 bridgehead atoms. The first-order valence-corrected chi connectivity index (χ1v) is 16.3. The van der Waals surface area contributed by atoms with Crippen molar-refractivity contribution in [2.75, 3.05) is 18.9 Å². The number of rotatable bonds is 15. The Balaban J connectivity index is 1.46. The molecule has 1 aliphatic rings. The average Bonchev–Trinajstić information content (AvgIpc) is 3.56. The van der Waals surface area contributed by atoms with E-state index in [9.17, 15) is 27.9 Å². The van der Waals surface area contributed by atoms with Gasteiger partial charge in [-0.15, -0.1) is 20.3 Å². The van der Waals surface area contributed by atoms with E-state index in [4.69, 9.17) is 25.6 Å². The zero-order chi connectivity index (χ0) is 34.7. The van der Waals surface area contributed by atoms with Crippen molar-refractivity contribution in [1.82, 2.24) is 20.0 Å². The van der Waals surface area contributed by atoms with Gasteiger partial charge < -0.3 is 31.5 Å². The average molecular weight is 696 g/mol. The number of ether oxygens (including phenoxy) is 1. The van der Waals surface area contributed by atoms with E-state index in [-0.39, 0.29) is 10.8 Å². The number of carboxylic acids is 1. The topological polar surface area (TPSA) is 255 Å². The lowest BCUT2D eigenvalue weighted by Crippen LogP contribution is -2.76. The van der Waals surface area contributed by atoms with Crippen LogP contribution >= 0.6 is 11.3 Å². The Hall–Kier alpha value is -4.63. The number of anilines is 1. The number of aromatic nitrogens is 3. The standard InChI is InChI=1S/C27H34N8O10S2/c1-15-12-19(33(4)34(15)11-5-10-28)16-6-8-17(9-7-16)43-13-20(25(38)39)44-32-21(18-14-46-26(29)30-18)23(36)31-22-24(37)35(27(22,2)3)45-47(40,41)42/h6-9,12,14,20,22H,5,10-11,13,28H2,1-4H3,(H4-,29,30,31,36,38,39,40,41,42)/p+1. The molecule has 18 nitrogen and oxygen atoms in total. The number of benzene rings is 1. The van der Waals surface area contributed by atoms with Gasteiger partial charge in [-0.05, 0) is 58.0 Å². The maximum absolute atomic E-state index is 13.2. The summed E-state index contributed by atoms with van der Waals surface area (Å²) < 4.78 is 45.2. The number of hydrogen-bond acceptors (Lipinski definition) is 13. The molecule has 1 aliphatic heterocycles. The van der Waals surface area contributed by atoms with Gasteiger partial charge in [0.2, 0.25) is 5.69 Å². The van der Waals surface area contributed by atoms with Crippen molar-refractivity contribution >= 4 is 50.4 Å². The minimum Gasteiger partial charge on any atom is -0.489 e. The third kappa shape index (κ3) is 8.03. The second kappa shape index (κ2) is 14.0. The molecular formula is C27H35N8O10S2+. The van der Waals surface area contributed by atoms with Crippen LogP contribution in [0.3, 0.4) is 0 Å². The summed E-state index contributed by atoms with van der Waals surface area (Å²) in [5, 5.41) is 17.7. The zero-order valence-corrected chi connectivity index (χ0v) is 27.4. The fourth-order valence-corrected chi connectivity index (χ4v) is 5.75. The first kappa shape index (κ1) is 35.2. The van der Waals surface area contributed by atoms with Crippen LogP contribution in [0, 0.1) is 6.92 Å². The number of carbonyl (C=O) groups is 3. The summed E-state index contributed by atoms with van der Waals surface area (Å²) in [7, 11) is -3.07. The summed E-state index contributed by atoms with van der Waals surface area (Å²) in [5.41, 5.74) is 12.3. The first-order valence-electron chi connectivity index (χ1n) is 14.0. The summed E-state index contributed by atoms with van der Waals surface area (Å²) in [6.07, 6.45) is -0.839. The van der Waals surface area contributed by atoms with Gasteiger partial charge in [-0.2, -0.15) is 18.2 Å². The van der Waals surface area contributed by atoms with Crippen molar-refractivity contribution in [3.05, 3.63) is 47.1 Å². The quantitative estimate of drug-likeness (QED) is 0.0453. The Kier molecular flexibility index (Phi) is 10.5. The molecule has 47 heavy (non-hydrogen) atoms. The molecule has 2 amide bonds. The molecule has 2 unspecified atom stereocenters. The van der Waals surface area contributed by atoms with E-state index in [1.807, 2.05) is 36.9 Å². The number of amides is 2. The van der Waals surface area contributed by atoms with Crippen LogP contribution in [-0.4, -0.2) is 87.1 Å². The van der Waals surface area contributed by atoms with Crippen LogP contribution in [0.5, 0.6) is 5.75 Å². The molecule has 2 atom stereocenters. The SMILES string of the molecule is Cc1cc(-c2ccc(OCC(ON=C(C(=O)NC3C(=O)N(OS(=O)(=O)O)C3(C)C)c3csc(N)n3)C(=O)O)cc2)[n+](C)n1CCCN. The highest BCUT2D eigenvalue weighted by Gasteiger charge is 2.58. The molecule has 0 radical (unpaired) electrons. The number of carbonyl (C=O) groups excluding carboxylic acids is 2. The van der Waals surface area contributed by atoms with Crippen LogP contribution < -0.4 is 26.2 Å². The molecule has 2 aromatic heterocycles. The van der Waals surface area contributed by atoms with Gasteiger partial charge >= 0.3 is 16.4 Å². The van der Waals surface area contributed by atoms with E-state index in [2.05, 4.69) is 24.4 Å². The van der Waals surface area contributed by atoms with Gasteiger partial charge in [0, 0.05) is 17.0 Å². The molecule has 254 valence electrons. The molecule has 1 saturated heterocycles. The lowest BCUT2D eigenvalue weighted by Gasteiger charge is -2.50. The van der Waals surface area contributed by atoms with Crippen molar-refractivity contribution in [2.24, 2.45) is 17.9 Å². The highest BCUT2D eigenvalue weighted by molar-refractivity contribution is 7.80. The second-order valence-corrected chi connectivity index (χ2v) is 12.8. The molecule has 3 aromatic rings. The zero-order valence-electron chi connectivity index (χ0n) is 25.8. The maximum Gasteiger partial charge on any atom is 0.418 e. The molecule has 1 fully saturated rings. The van der Waals surface area contributed by atoms with E-state index >= 15 is 0 Å². The van der Waals surface area contributed by atoms with Crippen molar-refractivity contribution in [3.8, 4) is 17.0 Å². The van der Waals surface area contributed by atoms with E-state index in [0.717, 1.165) is 41.3 Å². The Morgan fingerprint density at radius 1 is 1.28 bits per heavy atom. The molecular weight excluding hydrogens is 660 g/mol. The molecule has 0 saturated carbocycles. The predicted molar refractivity (Wildman–Crippen MR) is 166 cm³/mol. The number of carboxylic acid groups (broad SMARTS) is 1. The lowest BCUT2D eigenvalue weighted by molar-refractivity contribution is -0.744. The van der Waals surface area contributed by atoms with E-state index in [1.165, 1.54) is 19.2 Å². The smallest absolute Gasteiger partial charge is 0.418 e. The van der Waals surface area contributed by atoms with Crippen molar-refractivity contribution < 1.29 is 51.0 Å². The minimum atomic E-state index is -5.02. The van der Waals surface area contributed by atoms with Gasteiger partial charge in [0.05, 0.1) is 17.8 Å². The number of nitrogens with zero attached hydrogens (tertiary/aromatic N) is 5. The number of nitrogens with one attached hydrogen (secondary N) is 1. The minimum absolute atomic E-state index is 0.0609. The number of nitrogens with two attached hydrogens (primary N) is 2. The van der Waals surface area contributed by atoms with Crippen molar-refractivity contribution in [1.29, 1.82) is 0 Å². The van der Waals surface area contributed by atoms with Gasteiger partial charge in [-0.3, -0.25) is 14.1 Å². The number of aliphatic carboxylic acids is 1. The van der Waals surface area contributed by atoms with E-state index < -0.39 is 58.2 Å². The van der Waals surface area contributed by atoms with Crippen LogP contribution in [0.25, 0.3) is 11.3 Å². The van der Waals surface area contributed by atoms with Crippen LogP contribution in [0.4, 0.5) is 5.13 Å². The van der Waals surface area contributed by atoms with Gasteiger partial charge in [0.15, 0.2) is 17.9 Å². The molecule has 3 heterocycles. The number of hydroxylamine groups is 2. The Morgan fingerprint density at radius 2 is 1.96 bits per heavy atom. The summed E-state index contributed by atoms with van der Waals surface area (Å²) in [4.78, 5) is 46.9. The summed E-state index contributed by atoms with van der Waals surface area (Å²) in [6, 6.07) is 7.73. The van der Waals surface area contributed by atoms with Crippen LogP contribution in [0.15, 0.2) is 40.9 Å². The van der Waals surface area contributed by atoms with Crippen molar-refractivity contribution in [2.45, 2.75) is 51.4 Å². The van der Waals surface area contributed by atoms with Gasteiger partial charge in [-0.1, -0.05) is 5.16 Å². The van der Waals surface area contributed by atoms with Crippen molar-refractivity contribution in [3.63, 3.8) is 0 Å². The molecule has 20 heteroatoms. The third-order valence-electron chi connectivity index (χ3n) is 7.24. The molecule has 4 rings (SSSR count). The monoisotopic (exact) mass is 695 g/mol. The fourth-order valence-electron chi connectivity index (χ4n) is 4.75. The molecule has 0 aliphatic carbocycles. The summed E-state index contributed by atoms with van der Waals surface area (Å²) in [6.45, 7) is 5.60. The highest BCUT2D eigenvalue weighted by atomic mass is 32.3. The highest BCUT2D eigenvalue weighted by Crippen LogP contribution is 2.33. The predicted octanol–water partition coefficient (Wildman–Crippen LogP) is -0.232. The number of nitrogen functional groups attached to an aromatic ring is 1. The number of thiazole rings is 1. The number of aryl methyl sites for hydroxylation is 1. The Bertz CT molecular complexity index is 1790. The molecule has 0 spiro atoms. The lowest BCUT2D eigenvalue weighted by atomic mass is 9.84. The maximum atomic E-state index is 13.2. The first-order chi connectivity index (χ1) is 22.0.